The van der Waals surface area contributed by atoms with Crippen LogP contribution in [-0.2, 0) is 6.42 Å². The Labute approximate surface area is 130 Å². The summed E-state index contributed by atoms with van der Waals surface area (Å²) in [4.78, 5) is 0. The van der Waals surface area contributed by atoms with Crippen LogP contribution in [0.4, 0.5) is 0 Å². The molecule has 0 amide bonds. The maximum Gasteiger partial charge on any atom is 0.147 e. The fourth-order valence-corrected chi connectivity index (χ4v) is 2.93. The molecule has 6 heteroatoms. The Bertz CT molecular complexity index is 544. The SMILES string of the molecule is CCCNCCc1nnc(-c2ccc(Cl)c(Br)c2)s1. The van der Waals surface area contributed by atoms with E-state index in [0.29, 0.717) is 5.02 Å². The Morgan fingerprint density at radius 2 is 2.16 bits per heavy atom. The monoisotopic (exact) mass is 359 g/mol. The molecule has 0 saturated carbocycles. The Morgan fingerprint density at radius 3 is 2.89 bits per heavy atom. The molecule has 0 fully saturated rings. The van der Waals surface area contributed by atoms with Gasteiger partial charge in [-0.2, -0.15) is 0 Å². The molecule has 0 aliphatic rings. The summed E-state index contributed by atoms with van der Waals surface area (Å²) in [5, 5.41) is 14.5. The van der Waals surface area contributed by atoms with Gasteiger partial charge in [0.15, 0.2) is 0 Å². The van der Waals surface area contributed by atoms with Crippen LogP contribution < -0.4 is 5.32 Å². The molecule has 2 rings (SSSR count). The van der Waals surface area contributed by atoms with Crippen molar-refractivity contribution in [3.63, 3.8) is 0 Å². The Kier molecular flexibility index (Phi) is 5.76. The molecule has 0 unspecified atom stereocenters. The molecule has 2 aromatic rings. The minimum atomic E-state index is 0.706. The first-order valence-corrected chi connectivity index (χ1v) is 8.18. The molecule has 0 aliphatic heterocycles. The molecule has 0 bridgehead atoms. The predicted octanol–water partition coefficient (Wildman–Crippen LogP) is 4.16. The van der Waals surface area contributed by atoms with Crippen molar-refractivity contribution in [2.45, 2.75) is 19.8 Å². The topological polar surface area (TPSA) is 37.8 Å². The Hall–Kier alpha value is -0.490. The zero-order valence-electron chi connectivity index (χ0n) is 10.6. The molecule has 0 saturated heterocycles. The Balaban J connectivity index is 2.01. The minimum absolute atomic E-state index is 0.706. The van der Waals surface area contributed by atoms with Crippen molar-refractivity contribution in [1.29, 1.82) is 0 Å². The third-order valence-corrected chi connectivity index (χ3v) is 4.82. The fraction of sp³-hybridized carbons (Fsp3) is 0.385. The summed E-state index contributed by atoms with van der Waals surface area (Å²) in [6, 6.07) is 5.81. The van der Waals surface area contributed by atoms with Crippen LogP contribution in [0.1, 0.15) is 18.4 Å². The predicted molar refractivity (Wildman–Crippen MR) is 84.9 cm³/mol. The molecule has 1 aromatic carbocycles. The summed E-state index contributed by atoms with van der Waals surface area (Å²) in [6.07, 6.45) is 2.08. The van der Waals surface area contributed by atoms with Crippen LogP contribution in [0.15, 0.2) is 22.7 Å². The largest absolute Gasteiger partial charge is 0.316 e. The zero-order valence-corrected chi connectivity index (χ0v) is 13.8. The lowest BCUT2D eigenvalue weighted by Crippen LogP contribution is -2.17. The van der Waals surface area contributed by atoms with Crippen molar-refractivity contribution >= 4 is 38.9 Å². The molecule has 1 aromatic heterocycles. The normalized spacial score (nSPS) is 10.9. The van der Waals surface area contributed by atoms with Crippen LogP contribution in [0, 0.1) is 0 Å². The first-order chi connectivity index (χ1) is 9.20. The highest BCUT2D eigenvalue weighted by Gasteiger charge is 2.08. The third-order valence-electron chi connectivity index (χ3n) is 2.58. The van der Waals surface area contributed by atoms with Crippen molar-refractivity contribution in [3.05, 3.63) is 32.7 Å². The highest BCUT2D eigenvalue weighted by molar-refractivity contribution is 9.10. The molecule has 1 N–H and O–H groups in total. The molecule has 102 valence electrons. The van der Waals surface area contributed by atoms with Gasteiger partial charge in [0.25, 0.3) is 0 Å². The second-order valence-corrected chi connectivity index (χ2v) is 6.45. The molecular formula is C13H15BrClN3S. The van der Waals surface area contributed by atoms with Gasteiger partial charge >= 0.3 is 0 Å². The summed E-state index contributed by atoms with van der Waals surface area (Å²) in [5.41, 5.74) is 1.04. The van der Waals surface area contributed by atoms with Gasteiger partial charge in [-0.3, -0.25) is 0 Å². The summed E-state index contributed by atoms with van der Waals surface area (Å²) < 4.78 is 0.882. The number of halogens is 2. The van der Waals surface area contributed by atoms with Crippen molar-refractivity contribution in [2.24, 2.45) is 0 Å². The second kappa shape index (κ2) is 7.33. The second-order valence-electron chi connectivity index (χ2n) is 4.13. The molecule has 1 heterocycles. The van der Waals surface area contributed by atoms with Crippen molar-refractivity contribution in [1.82, 2.24) is 15.5 Å². The van der Waals surface area contributed by atoms with Gasteiger partial charge in [0, 0.05) is 23.0 Å². The van der Waals surface area contributed by atoms with Gasteiger partial charge in [-0.05, 0) is 41.0 Å². The summed E-state index contributed by atoms with van der Waals surface area (Å²) >= 11 is 11.0. The van der Waals surface area contributed by atoms with Gasteiger partial charge in [0.05, 0.1) is 5.02 Å². The average molecular weight is 361 g/mol. The van der Waals surface area contributed by atoms with E-state index >= 15 is 0 Å². The Morgan fingerprint density at radius 1 is 1.32 bits per heavy atom. The van der Waals surface area contributed by atoms with Gasteiger partial charge < -0.3 is 5.32 Å². The van der Waals surface area contributed by atoms with Crippen LogP contribution in [0.3, 0.4) is 0 Å². The number of benzene rings is 1. The number of hydrogen-bond acceptors (Lipinski definition) is 4. The number of nitrogens with zero attached hydrogens (tertiary/aromatic N) is 2. The lowest BCUT2D eigenvalue weighted by atomic mass is 10.2. The molecular weight excluding hydrogens is 346 g/mol. The summed E-state index contributed by atoms with van der Waals surface area (Å²) in [7, 11) is 0. The number of rotatable bonds is 6. The number of hydrogen-bond donors (Lipinski definition) is 1. The maximum absolute atomic E-state index is 5.98. The van der Waals surface area contributed by atoms with E-state index in [1.54, 1.807) is 11.3 Å². The van der Waals surface area contributed by atoms with E-state index in [4.69, 9.17) is 11.6 Å². The fourth-order valence-electron chi connectivity index (χ4n) is 1.60. The first-order valence-electron chi connectivity index (χ1n) is 6.19. The van der Waals surface area contributed by atoms with Crippen LogP contribution in [-0.4, -0.2) is 23.3 Å². The average Bonchev–Trinajstić information content (AvgIpc) is 2.87. The van der Waals surface area contributed by atoms with E-state index in [1.807, 2.05) is 18.2 Å². The van der Waals surface area contributed by atoms with Gasteiger partial charge in [-0.25, -0.2) is 0 Å². The van der Waals surface area contributed by atoms with Crippen LogP contribution >= 0.6 is 38.9 Å². The molecule has 0 radical (unpaired) electrons. The first kappa shape index (κ1) is 14.9. The molecule has 0 atom stereocenters. The maximum atomic E-state index is 5.98. The van der Waals surface area contributed by atoms with E-state index in [2.05, 4.69) is 38.4 Å². The molecule has 0 spiro atoms. The zero-order chi connectivity index (χ0) is 13.7. The van der Waals surface area contributed by atoms with Gasteiger partial charge in [0.1, 0.15) is 10.0 Å². The van der Waals surface area contributed by atoms with E-state index in [-0.39, 0.29) is 0 Å². The van der Waals surface area contributed by atoms with Crippen molar-refractivity contribution < 1.29 is 0 Å². The van der Waals surface area contributed by atoms with Gasteiger partial charge in [-0.1, -0.05) is 35.9 Å². The van der Waals surface area contributed by atoms with Crippen LogP contribution in [0.25, 0.3) is 10.6 Å². The number of nitrogens with one attached hydrogen (secondary N) is 1. The van der Waals surface area contributed by atoms with E-state index in [9.17, 15) is 0 Å². The third kappa shape index (κ3) is 4.24. The van der Waals surface area contributed by atoms with Crippen molar-refractivity contribution in [3.8, 4) is 10.6 Å². The smallest absolute Gasteiger partial charge is 0.147 e. The highest BCUT2D eigenvalue weighted by Crippen LogP contribution is 2.30. The van der Waals surface area contributed by atoms with Gasteiger partial charge in [-0.15, -0.1) is 10.2 Å². The van der Waals surface area contributed by atoms with Crippen LogP contribution in [0.5, 0.6) is 0 Å². The minimum Gasteiger partial charge on any atom is -0.316 e. The van der Waals surface area contributed by atoms with E-state index in [1.165, 1.54) is 0 Å². The number of aromatic nitrogens is 2. The quantitative estimate of drug-likeness (QED) is 0.786. The molecule has 0 aliphatic carbocycles. The lowest BCUT2D eigenvalue weighted by Gasteiger charge is -1.99. The van der Waals surface area contributed by atoms with Gasteiger partial charge in [0.2, 0.25) is 0 Å². The summed E-state index contributed by atoms with van der Waals surface area (Å²) in [6.45, 7) is 4.16. The standard InChI is InChI=1S/C13H15BrClN3S/c1-2-6-16-7-5-12-17-18-13(19-12)9-3-4-11(15)10(14)8-9/h3-4,8,16H,2,5-7H2,1H3. The molecule has 3 nitrogen and oxygen atoms in total. The van der Waals surface area contributed by atoms with E-state index in [0.717, 1.165) is 46.0 Å². The highest BCUT2D eigenvalue weighted by atomic mass is 79.9. The van der Waals surface area contributed by atoms with Crippen LogP contribution in [0.2, 0.25) is 5.02 Å². The lowest BCUT2D eigenvalue weighted by molar-refractivity contribution is 0.668. The van der Waals surface area contributed by atoms with Crippen molar-refractivity contribution in [2.75, 3.05) is 13.1 Å². The summed E-state index contributed by atoms with van der Waals surface area (Å²) in [5.74, 6) is 0. The van der Waals surface area contributed by atoms with E-state index < -0.39 is 0 Å². The molecule has 19 heavy (non-hydrogen) atoms.